The zero-order valence-corrected chi connectivity index (χ0v) is 16.4. The fraction of sp³-hybridized carbons (Fsp3) is 0.333. The number of nitrogens with zero attached hydrogens (tertiary/aromatic N) is 2. The van der Waals surface area contributed by atoms with Crippen molar-refractivity contribution in [3.05, 3.63) is 59.9 Å². The number of fused-ring (bicyclic) bond motifs is 1. The number of aryl methyl sites for hydroxylation is 1. The van der Waals surface area contributed by atoms with Crippen molar-refractivity contribution in [2.45, 2.75) is 45.1 Å². The Morgan fingerprint density at radius 1 is 1.07 bits per heavy atom. The minimum atomic E-state index is -0.497. The predicted molar refractivity (Wildman–Crippen MR) is 112 cm³/mol. The lowest BCUT2D eigenvalue weighted by Gasteiger charge is -2.21. The summed E-state index contributed by atoms with van der Waals surface area (Å²) < 4.78 is 5.45. The molecule has 142 valence electrons. The van der Waals surface area contributed by atoms with Gasteiger partial charge in [-0.3, -0.25) is 14.7 Å². The van der Waals surface area contributed by atoms with Gasteiger partial charge in [-0.25, -0.2) is 0 Å². The summed E-state index contributed by atoms with van der Waals surface area (Å²) in [6.45, 7) is 4.80. The summed E-state index contributed by atoms with van der Waals surface area (Å²) in [6, 6.07) is 14.7. The van der Waals surface area contributed by atoms with E-state index < -0.39 is 5.54 Å². The van der Waals surface area contributed by atoms with Gasteiger partial charge in [0.1, 0.15) is 17.0 Å². The molecule has 3 aromatic rings. The topological polar surface area (TPSA) is 45.8 Å². The van der Waals surface area contributed by atoms with Crippen molar-refractivity contribution in [1.29, 1.82) is 0 Å². The maximum atomic E-state index is 13.0. The Kier molecular flexibility index (Phi) is 3.90. The summed E-state index contributed by atoms with van der Waals surface area (Å²) in [5.74, 6) is 1.04. The van der Waals surface area contributed by atoms with Crippen LogP contribution in [0.3, 0.4) is 0 Å². The number of amides is 1. The molecule has 1 aliphatic carbocycles. The number of carbonyl (C=O) groups excluding carboxylic acids is 1. The van der Waals surface area contributed by atoms with E-state index in [1.54, 1.807) is 6.26 Å². The maximum Gasteiger partial charge on any atom is 0.256 e. The zero-order valence-electron chi connectivity index (χ0n) is 16.4. The molecule has 2 aliphatic rings. The molecule has 1 fully saturated rings. The molecule has 0 atom stereocenters. The highest BCUT2D eigenvalue weighted by molar-refractivity contribution is 6.16. The van der Waals surface area contributed by atoms with Crippen molar-refractivity contribution in [1.82, 2.24) is 4.90 Å². The predicted octanol–water partition coefficient (Wildman–Crippen LogP) is 5.33. The smallest absolute Gasteiger partial charge is 0.256 e. The largest absolute Gasteiger partial charge is 0.464 e. The van der Waals surface area contributed by atoms with Crippen molar-refractivity contribution in [2.24, 2.45) is 4.99 Å². The quantitative estimate of drug-likeness (QED) is 0.624. The van der Waals surface area contributed by atoms with Gasteiger partial charge < -0.3 is 4.42 Å². The number of amidine groups is 1. The van der Waals surface area contributed by atoms with Crippen LogP contribution in [0.15, 0.2) is 58.1 Å². The average molecular weight is 372 g/mol. The first-order chi connectivity index (χ1) is 13.6. The Bertz CT molecular complexity index is 1100. The van der Waals surface area contributed by atoms with E-state index in [-0.39, 0.29) is 5.91 Å². The first-order valence-electron chi connectivity index (χ1n) is 10.1. The summed E-state index contributed by atoms with van der Waals surface area (Å²) in [6.07, 6.45) is 5.67. The average Bonchev–Trinajstić information content (AvgIpc) is 3.42. The molecule has 4 heteroatoms. The van der Waals surface area contributed by atoms with Crippen LogP contribution in [0.2, 0.25) is 0 Å². The third-order valence-electron chi connectivity index (χ3n) is 6.22. The molecule has 5 rings (SSSR count). The summed E-state index contributed by atoms with van der Waals surface area (Å²) in [5.41, 5.74) is 4.93. The van der Waals surface area contributed by atoms with E-state index in [0.717, 1.165) is 64.7 Å². The molecule has 1 spiro atoms. The molecule has 1 aliphatic heterocycles. The summed E-state index contributed by atoms with van der Waals surface area (Å²) >= 11 is 0. The van der Waals surface area contributed by atoms with E-state index in [9.17, 15) is 4.79 Å². The molecule has 0 bridgehead atoms. The lowest BCUT2D eigenvalue weighted by Crippen LogP contribution is -2.41. The Labute approximate surface area is 164 Å². The SMILES string of the molecule is CCN1C(=O)C2(CCCC2)N=C1c1ccc(-c2ccc3occc3c2)cc1C. The Morgan fingerprint density at radius 3 is 2.57 bits per heavy atom. The van der Waals surface area contributed by atoms with Crippen LogP contribution in [0.4, 0.5) is 0 Å². The van der Waals surface area contributed by atoms with Gasteiger partial charge in [-0.1, -0.05) is 37.1 Å². The van der Waals surface area contributed by atoms with Crippen LogP contribution < -0.4 is 0 Å². The molecule has 4 nitrogen and oxygen atoms in total. The standard InChI is InChI=1S/C24H24N2O2/c1-3-26-22(25-24(23(26)27)11-4-5-12-24)20-8-6-17(14-16(20)2)18-7-9-21-19(15-18)10-13-28-21/h6-10,13-15H,3-5,11-12H2,1-2H3. The number of hydrogen-bond donors (Lipinski definition) is 0. The van der Waals surface area contributed by atoms with Gasteiger partial charge in [-0.05, 0) is 61.6 Å². The molecule has 0 saturated heterocycles. The Morgan fingerprint density at radius 2 is 1.82 bits per heavy atom. The van der Waals surface area contributed by atoms with Crippen LogP contribution >= 0.6 is 0 Å². The van der Waals surface area contributed by atoms with Crippen molar-refractivity contribution in [3.8, 4) is 11.1 Å². The summed E-state index contributed by atoms with van der Waals surface area (Å²) in [4.78, 5) is 19.9. The lowest BCUT2D eigenvalue weighted by molar-refractivity contribution is -0.130. The first-order valence-corrected chi connectivity index (χ1v) is 10.1. The molecular weight excluding hydrogens is 348 g/mol. The third kappa shape index (κ3) is 2.51. The van der Waals surface area contributed by atoms with Gasteiger partial charge in [0.2, 0.25) is 0 Å². The molecule has 0 N–H and O–H groups in total. The number of likely N-dealkylation sites (N-methyl/N-ethyl adjacent to an activating group) is 1. The van der Waals surface area contributed by atoms with Crippen LogP contribution in [0, 0.1) is 6.92 Å². The maximum absolute atomic E-state index is 13.0. The van der Waals surface area contributed by atoms with Gasteiger partial charge in [0.15, 0.2) is 0 Å². The number of aliphatic imine (C=N–C) groups is 1. The number of hydrogen-bond acceptors (Lipinski definition) is 3. The number of benzene rings is 2. The van der Waals surface area contributed by atoms with Crippen LogP contribution in [0.1, 0.15) is 43.7 Å². The molecule has 1 amide bonds. The molecule has 0 radical (unpaired) electrons. The van der Waals surface area contributed by atoms with E-state index in [1.807, 2.05) is 24.0 Å². The highest BCUT2D eigenvalue weighted by Crippen LogP contribution is 2.40. The second-order valence-corrected chi connectivity index (χ2v) is 7.93. The fourth-order valence-corrected chi connectivity index (χ4v) is 4.68. The zero-order chi connectivity index (χ0) is 19.3. The van der Waals surface area contributed by atoms with Crippen LogP contribution in [0.25, 0.3) is 22.1 Å². The number of rotatable bonds is 3. The minimum Gasteiger partial charge on any atom is -0.464 e. The number of furan rings is 1. The third-order valence-corrected chi connectivity index (χ3v) is 6.22. The van der Waals surface area contributed by atoms with Crippen molar-refractivity contribution >= 4 is 22.7 Å². The highest BCUT2D eigenvalue weighted by Gasteiger charge is 2.49. The van der Waals surface area contributed by atoms with Gasteiger partial charge in [-0.15, -0.1) is 0 Å². The van der Waals surface area contributed by atoms with Gasteiger partial charge in [-0.2, -0.15) is 0 Å². The lowest BCUT2D eigenvalue weighted by atomic mass is 9.98. The highest BCUT2D eigenvalue weighted by atomic mass is 16.3. The summed E-state index contributed by atoms with van der Waals surface area (Å²) in [5, 5.41) is 1.10. The van der Waals surface area contributed by atoms with Gasteiger partial charge in [0.25, 0.3) is 5.91 Å². The van der Waals surface area contributed by atoms with Crippen molar-refractivity contribution in [2.75, 3.05) is 6.54 Å². The molecule has 2 heterocycles. The monoisotopic (exact) mass is 372 g/mol. The minimum absolute atomic E-state index is 0.191. The van der Waals surface area contributed by atoms with Crippen molar-refractivity contribution < 1.29 is 9.21 Å². The molecular formula is C24H24N2O2. The molecule has 2 aromatic carbocycles. The normalized spacial score (nSPS) is 18.4. The number of carbonyl (C=O) groups is 1. The van der Waals surface area contributed by atoms with Gasteiger partial charge in [0.05, 0.1) is 6.26 Å². The van der Waals surface area contributed by atoms with Gasteiger partial charge >= 0.3 is 0 Å². The summed E-state index contributed by atoms with van der Waals surface area (Å²) in [7, 11) is 0. The first kappa shape index (κ1) is 17.2. The Hall–Kier alpha value is -2.88. The molecule has 1 aromatic heterocycles. The van der Waals surface area contributed by atoms with E-state index >= 15 is 0 Å². The van der Waals surface area contributed by atoms with E-state index in [1.165, 1.54) is 0 Å². The van der Waals surface area contributed by atoms with Crippen LogP contribution in [-0.2, 0) is 4.79 Å². The molecule has 0 unspecified atom stereocenters. The van der Waals surface area contributed by atoms with Crippen LogP contribution in [0.5, 0.6) is 0 Å². The Balaban J connectivity index is 1.55. The molecule has 1 saturated carbocycles. The second kappa shape index (κ2) is 6.33. The van der Waals surface area contributed by atoms with Crippen molar-refractivity contribution in [3.63, 3.8) is 0 Å². The van der Waals surface area contributed by atoms with Gasteiger partial charge in [0, 0.05) is 17.5 Å². The van der Waals surface area contributed by atoms with Crippen LogP contribution in [-0.4, -0.2) is 28.7 Å². The van der Waals surface area contributed by atoms with E-state index in [4.69, 9.17) is 9.41 Å². The molecule has 28 heavy (non-hydrogen) atoms. The van der Waals surface area contributed by atoms with E-state index in [2.05, 4.69) is 37.3 Å². The second-order valence-electron chi connectivity index (χ2n) is 7.93. The van der Waals surface area contributed by atoms with E-state index in [0.29, 0.717) is 6.54 Å². The fourth-order valence-electron chi connectivity index (χ4n) is 4.68.